The molecule has 3 fully saturated rings. The van der Waals surface area contributed by atoms with Crippen molar-refractivity contribution >= 4 is 13.8 Å². The molecule has 182 valence electrons. The predicted octanol–water partition coefficient (Wildman–Crippen LogP) is 0.727. The van der Waals surface area contributed by atoms with Gasteiger partial charge in [-0.3, -0.25) is 4.79 Å². The standard InChI is InChI=1S/C23H42BN3O5/c1-29-17-19-21(30-2)22(23(24)32-19)31-18-20(28)27(15-13-25-9-5-3-6-10-25)16-14-26-11-7-4-8-12-26/h19,21-23H,3-18H2,1-2H3/t19-,21?,22+,23-/m1/s1. The maximum absolute atomic E-state index is 13.2. The lowest BCUT2D eigenvalue weighted by atomic mass is 9.93. The van der Waals surface area contributed by atoms with E-state index in [4.69, 9.17) is 26.8 Å². The number of ether oxygens (including phenoxy) is 4. The van der Waals surface area contributed by atoms with E-state index in [-0.39, 0.29) is 24.7 Å². The van der Waals surface area contributed by atoms with Gasteiger partial charge in [-0.2, -0.15) is 0 Å². The molecule has 0 N–H and O–H groups in total. The first-order valence-corrected chi connectivity index (χ1v) is 12.4. The number of hydrogen-bond acceptors (Lipinski definition) is 7. The molecule has 3 aliphatic heterocycles. The minimum atomic E-state index is -0.636. The minimum absolute atomic E-state index is 0.0104. The van der Waals surface area contributed by atoms with Crippen molar-refractivity contribution in [3.63, 3.8) is 0 Å². The summed E-state index contributed by atoms with van der Waals surface area (Å²) >= 11 is 0. The molecule has 32 heavy (non-hydrogen) atoms. The second-order valence-electron chi connectivity index (χ2n) is 9.26. The van der Waals surface area contributed by atoms with Crippen LogP contribution in [0.4, 0.5) is 0 Å². The Morgan fingerprint density at radius 1 is 0.938 bits per heavy atom. The van der Waals surface area contributed by atoms with Crippen LogP contribution in [0.5, 0.6) is 0 Å². The van der Waals surface area contributed by atoms with Crippen LogP contribution in [0.15, 0.2) is 0 Å². The van der Waals surface area contributed by atoms with E-state index in [1.165, 1.54) is 38.5 Å². The van der Waals surface area contributed by atoms with Gasteiger partial charge in [0.1, 0.15) is 32.8 Å². The van der Waals surface area contributed by atoms with E-state index >= 15 is 0 Å². The average molecular weight is 451 g/mol. The zero-order valence-electron chi connectivity index (χ0n) is 20.1. The van der Waals surface area contributed by atoms with Gasteiger partial charge in [0.05, 0.1) is 6.61 Å². The first-order chi connectivity index (χ1) is 15.6. The maximum atomic E-state index is 13.2. The zero-order valence-corrected chi connectivity index (χ0v) is 20.1. The van der Waals surface area contributed by atoms with Crippen LogP contribution in [0.1, 0.15) is 38.5 Å². The smallest absolute Gasteiger partial charge is 0.248 e. The summed E-state index contributed by atoms with van der Waals surface area (Å²) in [6.07, 6.45) is 6.51. The molecule has 0 aliphatic carbocycles. The highest BCUT2D eigenvalue weighted by atomic mass is 16.6. The van der Waals surface area contributed by atoms with E-state index < -0.39 is 12.1 Å². The highest BCUT2D eigenvalue weighted by Gasteiger charge is 2.43. The lowest BCUT2D eigenvalue weighted by Crippen LogP contribution is -2.47. The van der Waals surface area contributed by atoms with E-state index in [1.54, 1.807) is 14.2 Å². The lowest BCUT2D eigenvalue weighted by Gasteiger charge is -2.33. The van der Waals surface area contributed by atoms with Crippen LogP contribution < -0.4 is 0 Å². The van der Waals surface area contributed by atoms with Crippen molar-refractivity contribution in [2.45, 2.75) is 62.8 Å². The van der Waals surface area contributed by atoms with E-state index in [1.807, 2.05) is 4.90 Å². The second kappa shape index (κ2) is 13.9. The van der Waals surface area contributed by atoms with Crippen LogP contribution in [-0.4, -0.2) is 133 Å². The predicted molar refractivity (Wildman–Crippen MR) is 124 cm³/mol. The summed E-state index contributed by atoms with van der Waals surface area (Å²) in [5, 5.41) is 0. The monoisotopic (exact) mass is 451 g/mol. The number of likely N-dealkylation sites (tertiary alicyclic amines) is 2. The third kappa shape index (κ3) is 7.67. The van der Waals surface area contributed by atoms with Crippen molar-refractivity contribution in [1.82, 2.24) is 14.7 Å². The van der Waals surface area contributed by atoms with Crippen LogP contribution in [0.2, 0.25) is 0 Å². The molecule has 0 aromatic rings. The molecule has 3 rings (SSSR count). The summed E-state index contributed by atoms with van der Waals surface area (Å²) in [6, 6.07) is -0.636. The van der Waals surface area contributed by atoms with E-state index in [9.17, 15) is 4.79 Å². The minimum Gasteiger partial charge on any atom is -0.382 e. The Morgan fingerprint density at radius 2 is 1.50 bits per heavy atom. The Balaban J connectivity index is 1.52. The number of methoxy groups -OCH3 is 2. The molecule has 3 saturated heterocycles. The molecule has 1 amide bonds. The van der Waals surface area contributed by atoms with Gasteiger partial charge in [-0.25, -0.2) is 0 Å². The number of carbonyl (C=O) groups excluding carboxylic acids is 1. The van der Waals surface area contributed by atoms with E-state index in [0.29, 0.717) is 6.61 Å². The highest BCUT2D eigenvalue weighted by Crippen LogP contribution is 2.25. The van der Waals surface area contributed by atoms with Crippen LogP contribution in [0.25, 0.3) is 0 Å². The molecule has 0 bridgehead atoms. The number of piperidine rings is 2. The number of amides is 1. The number of carbonyl (C=O) groups is 1. The Morgan fingerprint density at radius 3 is 2.00 bits per heavy atom. The molecule has 3 aliphatic rings. The van der Waals surface area contributed by atoms with Crippen LogP contribution in [-0.2, 0) is 23.7 Å². The maximum Gasteiger partial charge on any atom is 0.248 e. The second-order valence-corrected chi connectivity index (χ2v) is 9.26. The van der Waals surface area contributed by atoms with Crippen molar-refractivity contribution in [2.24, 2.45) is 0 Å². The summed E-state index contributed by atoms with van der Waals surface area (Å²) in [5.74, 6) is 0.0104. The summed E-state index contributed by atoms with van der Waals surface area (Å²) in [5.41, 5.74) is 0. The molecule has 1 unspecified atom stereocenters. The Bertz CT molecular complexity index is 524. The van der Waals surface area contributed by atoms with Gasteiger partial charge in [-0.05, 0) is 51.9 Å². The number of nitrogens with zero attached hydrogens (tertiary/aromatic N) is 3. The lowest BCUT2D eigenvalue weighted by molar-refractivity contribution is -0.141. The summed E-state index contributed by atoms with van der Waals surface area (Å²) < 4.78 is 22.5. The Labute approximate surface area is 195 Å². The fourth-order valence-electron chi connectivity index (χ4n) is 5.04. The molecule has 0 aromatic heterocycles. The van der Waals surface area contributed by atoms with Gasteiger partial charge in [0.25, 0.3) is 0 Å². The summed E-state index contributed by atoms with van der Waals surface area (Å²) in [6.45, 7) is 8.23. The molecule has 9 heteroatoms. The molecular weight excluding hydrogens is 409 g/mol. The molecule has 8 nitrogen and oxygen atoms in total. The molecular formula is C23H42BN3O5. The van der Waals surface area contributed by atoms with Gasteiger partial charge in [-0.1, -0.05) is 12.8 Å². The summed E-state index contributed by atoms with van der Waals surface area (Å²) in [4.78, 5) is 20.1. The van der Waals surface area contributed by atoms with Crippen molar-refractivity contribution in [3.05, 3.63) is 0 Å². The van der Waals surface area contributed by atoms with E-state index in [2.05, 4.69) is 9.80 Å². The van der Waals surface area contributed by atoms with Gasteiger partial charge in [0.2, 0.25) is 5.91 Å². The summed E-state index contributed by atoms with van der Waals surface area (Å²) in [7, 11) is 9.34. The quantitative estimate of drug-likeness (QED) is 0.406. The average Bonchev–Trinajstić information content (AvgIpc) is 3.12. The van der Waals surface area contributed by atoms with Gasteiger partial charge < -0.3 is 33.6 Å². The molecule has 3 heterocycles. The first kappa shape index (κ1) is 25.9. The normalized spacial score (nSPS) is 29.9. The Kier molecular flexibility index (Phi) is 11.2. The molecule has 0 aromatic carbocycles. The molecule has 4 atom stereocenters. The SMILES string of the molecule is [B][C@@H]1O[C@H](COC)C(OC)[C@@H]1OCC(=O)N(CCN1CCCCC1)CCN1CCCCC1. The van der Waals surface area contributed by atoms with Crippen molar-refractivity contribution in [1.29, 1.82) is 0 Å². The fraction of sp³-hybridized carbons (Fsp3) is 0.957. The largest absolute Gasteiger partial charge is 0.382 e. The van der Waals surface area contributed by atoms with Gasteiger partial charge in [0.15, 0.2) is 0 Å². The van der Waals surface area contributed by atoms with E-state index in [0.717, 1.165) is 52.4 Å². The van der Waals surface area contributed by atoms with Gasteiger partial charge in [0, 0.05) is 46.4 Å². The fourth-order valence-corrected chi connectivity index (χ4v) is 5.04. The van der Waals surface area contributed by atoms with Gasteiger partial charge in [-0.15, -0.1) is 0 Å². The third-order valence-corrected chi connectivity index (χ3v) is 6.97. The van der Waals surface area contributed by atoms with Crippen molar-refractivity contribution in [2.75, 3.05) is 79.8 Å². The van der Waals surface area contributed by atoms with Gasteiger partial charge >= 0.3 is 0 Å². The van der Waals surface area contributed by atoms with Crippen LogP contribution in [0, 0.1) is 0 Å². The number of rotatable bonds is 12. The topological polar surface area (TPSA) is 63.7 Å². The highest BCUT2D eigenvalue weighted by molar-refractivity contribution is 6.11. The van der Waals surface area contributed by atoms with Crippen molar-refractivity contribution in [3.8, 4) is 0 Å². The van der Waals surface area contributed by atoms with Crippen LogP contribution in [0.3, 0.4) is 0 Å². The molecule has 0 spiro atoms. The third-order valence-electron chi connectivity index (χ3n) is 6.97. The zero-order chi connectivity index (χ0) is 22.8. The van der Waals surface area contributed by atoms with Crippen LogP contribution >= 0.6 is 0 Å². The first-order valence-electron chi connectivity index (χ1n) is 12.4. The van der Waals surface area contributed by atoms with Crippen molar-refractivity contribution < 1.29 is 23.7 Å². The molecule has 2 radical (unpaired) electrons. The Hall–Kier alpha value is -0.705. The molecule has 0 saturated carbocycles. The number of hydrogen-bond donors (Lipinski definition) is 0.